The van der Waals surface area contributed by atoms with Crippen molar-refractivity contribution in [2.75, 3.05) is 0 Å². The predicted molar refractivity (Wildman–Crippen MR) is 80.6 cm³/mol. The van der Waals surface area contributed by atoms with Gasteiger partial charge in [0.15, 0.2) is 0 Å². The fraction of sp³-hybridized carbons (Fsp3) is 0.176. The molecule has 0 spiro atoms. The van der Waals surface area contributed by atoms with Gasteiger partial charge in [0, 0.05) is 24.7 Å². The number of rotatable bonds is 4. The van der Waals surface area contributed by atoms with Crippen molar-refractivity contribution >= 4 is 17.1 Å². The third-order valence-electron chi connectivity index (χ3n) is 3.49. The number of hydrogen-bond acceptors (Lipinski definition) is 2. The van der Waals surface area contributed by atoms with Gasteiger partial charge in [0.1, 0.15) is 12.1 Å². The molecule has 0 aliphatic heterocycles. The van der Waals surface area contributed by atoms with Crippen molar-refractivity contribution in [3.05, 3.63) is 54.4 Å². The molecular weight excluding hydrogens is 248 g/mol. The molecule has 20 heavy (non-hydrogen) atoms. The zero-order valence-electron chi connectivity index (χ0n) is 11.4. The Kier molecular flexibility index (Phi) is 3.33. The number of carbonyl (C=O) groups excluding carboxylic acids is 1. The van der Waals surface area contributed by atoms with Gasteiger partial charge in [0.2, 0.25) is 0 Å². The van der Waals surface area contributed by atoms with E-state index in [0.717, 1.165) is 29.9 Å². The SMILES string of the molecule is CCn1cc(CC=O)nc1-c1cccc2ccccc12. The van der Waals surface area contributed by atoms with Gasteiger partial charge < -0.3 is 9.36 Å². The predicted octanol–water partition coefficient (Wildman–Crippen LogP) is 3.46. The van der Waals surface area contributed by atoms with Gasteiger partial charge in [0.05, 0.1) is 5.69 Å². The Labute approximate surface area is 117 Å². The first-order valence-electron chi connectivity index (χ1n) is 6.81. The molecule has 0 radical (unpaired) electrons. The van der Waals surface area contributed by atoms with E-state index < -0.39 is 0 Å². The molecule has 0 saturated heterocycles. The highest BCUT2D eigenvalue weighted by Gasteiger charge is 2.11. The highest BCUT2D eigenvalue weighted by molar-refractivity contribution is 5.95. The van der Waals surface area contributed by atoms with Crippen molar-refractivity contribution in [2.45, 2.75) is 19.9 Å². The molecule has 0 N–H and O–H groups in total. The maximum absolute atomic E-state index is 10.7. The van der Waals surface area contributed by atoms with Crippen molar-refractivity contribution in [1.29, 1.82) is 0 Å². The summed E-state index contributed by atoms with van der Waals surface area (Å²) in [5.74, 6) is 0.932. The van der Waals surface area contributed by atoms with Gasteiger partial charge in [-0.25, -0.2) is 4.98 Å². The van der Waals surface area contributed by atoms with Crippen LogP contribution in [0.4, 0.5) is 0 Å². The molecule has 0 unspecified atom stereocenters. The number of aldehydes is 1. The summed E-state index contributed by atoms with van der Waals surface area (Å²) in [5, 5.41) is 2.39. The number of aromatic nitrogens is 2. The second-order valence-corrected chi connectivity index (χ2v) is 4.74. The van der Waals surface area contributed by atoms with Crippen LogP contribution in [0.2, 0.25) is 0 Å². The normalized spacial score (nSPS) is 10.8. The van der Waals surface area contributed by atoms with Gasteiger partial charge in [-0.2, -0.15) is 0 Å². The third kappa shape index (κ3) is 2.11. The summed E-state index contributed by atoms with van der Waals surface area (Å²) in [6.07, 6.45) is 3.23. The molecule has 0 bridgehead atoms. The first kappa shape index (κ1) is 12.6. The van der Waals surface area contributed by atoms with Gasteiger partial charge in [-0.3, -0.25) is 0 Å². The molecule has 0 saturated carbocycles. The summed E-state index contributed by atoms with van der Waals surface area (Å²) in [7, 11) is 0. The van der Waals surface area contributed by atoms with E-state index >= 15 is 0 Å². The maximum Gasteiger partial charge on any atom is 0.140 e. The van der Waals surface area contributed by atoms with Gasteiger partial charge in [-0.05, 0) is 17.7 Å². The van der Waals surface area contributed by atoms with Gasteiger partial charge >= 0.3 is 0 Å². The number of imidazole rings is 1. The topological polar surface area (TPSA) is 34.9 Å². The van der Waals surface area contributed by atoms with Crippen LogP contribution >= 0.6 is 0 Å². The minimum absolute atomic E-state index is 0.366. The fourth-order valence-electron chi connectivity index (χ4n) is 2.53. The lowest BCUT2D eigenvalue weighted by Gasteiger charge is -2.08. The highest BCUT2D eigenvalue weighted by atomic mass is 16.1. The summed E-state index contributed by atoms with van der Waals surface area (Å²) in [4.78, 5) is 15.3. The minimum Gasteiger partial charge on any atom is -0.331 e. The molecule has 0 amide bonds. The Bertz CT molecular complexity index is 753. The number of benzene rings is 2. The maximum atomic E-state index is 10.7. The van der Waals surface area contributed by atoms with E-state index in [9.17, 15) is 4.79 Å². The van der Waals surface area contributed by atoms with Crippen LogP contribution in [-0.2, 0) is 17.8 Å². The lowest BCUT2D eigenvalue weighted by Crippen LogP contribution is -1.96. The summed E-state index contributed by atoms with van der Waals surface area (Å²) < 4.78 is 2.10. The van der Waals surface area contributed by atoms with E-state index in [-0.39, 0.29) is 0 Å². The van der Waals surface area contributed by atoms with Crippen molar-refractivity contribution in [3.63, 3.8) is 0 Å². The minimum atomic E-state index is 0.366. The average Bonchev–Trinajstić information content (AvgIpc) is 2.90. The molecule has 3 nitrogen and oxygen atoms in total. The Hall–Kier alpha value is -2.42. The Morgan fingerprint density at radius 1 is 1.15 bits per heavy atom. The molecule has 0 aliphatic carbocycles. The monoisotopic (exact) mass is 264 g/mol. The van der Waals surface area contributed by atoms with Crippen molar-refractivity contribution in [2.24, 2.45) is 0 Å². The molecule has 3 aromatic rings. The molecule has 0 aliphatic rings. The van der Waals surface area contributed by atoms with E-state index in [4.69, 9.17) is 0 Å². The lowest BCUT2D eigenvalue weighted by atomic mass is 10.0. The molecule has 100 valence electrons. The van der Waals surface area contributed by atoms with Crippen LogP contribution in [0.5, 0.6) is 0 Å². The van der Waals surface area contributed by atoms with E-state index in [1.165, 1.54) is 10.8 Å². The summed E-state index contributed by atoms with van der Waals surface area (Å²) in [6.45, 7) is 2.92. The van der Waals surface area contributed by atoms with E-state index in [1.807, 2.05) is 24.4 Å². The average molecular weight is 264 g/mol. The van der Waals surface area contributed by atoms with Gasteiger partial charge in [-0.1, -0.05) is 42.5 Å². The number of fused-ring (bicyclic) bond motifs is 1. The largest absolute Gasteiger partial charge is 0.331 e. The number of carbonyl (C=O) groups is 1. The molecule has 3 rings (SSSR count). The Balaban J connectivity index is 2.22. The highest BCUT2D eigenvalue weighted by Crippen LogP contribution is 2.28. The molecule has 0 atom stereocenters. The first-order valence-corrected chi connectivity index (χ1v) is 6.81. The number of aryl methyl sites for hydroxylation is 1. The van der Waals surface area contributed by atoms with E-state index in [0.29, 0.717) is 6.42 Å². The van der Waals surface area contributed by atoms with Gasteiger partial charge in [0.25, 0.3) is 0 Å². The van der Waals surface area contributed by atoms with Crippen LogP contribution in [0.3, 0.4) is 0 Å². The standard InChI is InChI=1S/C17H16N2O/c1-2-19-12-14(10-11-20)18-17(19)16-9-5-7-13-6-3-4-8-15(13)16/h3-9,11-12H,2,10H2,1H3. The van der Waals surface area contributed by atoms with E-state index in [2.05, 4.69) is 40.7 Å². The van der Waals surface area contributed by atoms with Crippen molar-refractivity contribution < 1.29 is 4.79 Å². The lowest BCUT2D eigenvalue weighted by molar-refractivity contribution is -0.107. The Morgan fingerprint density at radius 2 is 1.95 bits per heavy atom. The number of nitrogens with zero attached hydrogens (tertiary/aromatic N) is 2. The van der Waals surface area contributed by atoms with Crippen LogP contribution in [0.15, 0.2) is 48.7 Å². The molecule has 0 fully saturated rings. The second-order valence-electron chi connectivity index (χ2n) is 4.74. The van der Waals surface area contributed by atoms with Crippen LogP contribution < -0.4 is 0 Å². The fourth-order valence-corrected chi connectivity index (χ4v) is 2.53. The zero-order valence-corrected chi connectivity index (χ0v) is 11.4. The van der Waals surface area contributed by atoms with Crippen LogP contribution in [0, 0.1) is 0 Å². The smallest absolute Gasteiger partial charge is 0.140 e. The molecule has 2 aromatic carbocycles. The zero-order chi connectivity index (χ0) is 13.9. The quantitative estimate of drug-likeness (QED) is 0.676. The first-order chi connectivity index (χ1) is 9.83. The molecule has 3 heteroatoms. The van der Waals surface area contributed by atoms with Crippen LogP contribution in [-0.4, -0.2) is 15.8 Å². The van der Waals surface area contributed by atoms with E-state index in [1.54, 1.807) is 0 Å². The van der Waals surface area contributed by atoms with Crippen molar-refractivity contribution in [1.82, 2.24) is 9.55 Å². The summed E-state index contributed by atoms with van der Waals surface area (Å²) in [5.41, 5.74) is 1.94. The molecular formula is C17H16N2O. The number of hydrogen-bond donors (Lipinski definition) is 0. The second kappa shape index (κ2) is 5.29. The van der Waals surface area contributed by atoms with Crippen LogP contribution in [0.1, 0.15) is 12.6 Å². The molecule has 1 aromatic heterocycles. The summed E-state index contributed by atoms with van der Waals surface area (Å²) in [6, 6.07) is 14.5. The van der Waals surface area contributed by atoms with Crippen LogP contribution in [0.25, 0.3) is 22.2 Å². The summed E-state index contributed by atoms with van der Waals surface area (Å²) >= 11 is 0. The third-order valence-corrected chi connectivity index (χ3v) is 3.49. The molecule has 1 heterocycles. The van der Waals surface area contributed by atoms with Crippen molar-refractivity contribution in [3.8, 4) is 11.4 Å². The Morgan fingerprint density at radius 3 is 2.75 bits per heavy atom. The van der Waals surface area contributed by atoms with Gasteiger partial charge in [-0.15, -0.1) is 0 Å².